The monoisotopic (exact) mass is 253 g/mol. The van der Waals surface area contributed by atoms with Gasteiger partial charge in [-0.1, -0.05) is 11.6 Å². The lowest BCUT2D eigenvalue weighted by Gasteiger charge is -2.08. The molecule has 2 rings (SSSR count). The minimum Gasteiger partial charge on any atom is -0.398 e. The first-order valence-corrected chi connectivity index (χ1v) is 5.20. The molecule has 88 valence electrons. The highest BCUT2D eigenvalue weighted by atomic mass is 35.5. The van der Waals surface area contributed by atoms with Crippen molar-refractivity contribution < 1.29 is 4.39 Å². The van der Waals surface area contributed by atoms with Gasteiger partial charge in [0.15, 0.2) is 0 Å². The van der Waals surface area contributed by atoms with Gasteiger partial charge in [0.2, 0.25) is 0 Å². The molecule has 2 N–H and O–H groups in total. The molecule has 1 heterocycles. The number of hydrogen-bond donors (Lipinski definition) is 1. The molecule has 0 unspecified atom stereocenters. The molecule has 0 amide bonds. The van der Waals surface area contributed by atoms with Crippen molar-refractivity contribution in [2.24, 2.45) is 0 Å². The second-order valence-corrected chi connectivity index (χ2v) is 3.96. The molecule has 0 saturated heterocycles. The number of nitrogen functional groups attached to an aromatic ring is 1. The fourth-order valence-electron chi connectivity index (χ4n) is 1.44. The molecule has 0 radical (unpaired) electrons. The van der Waals surface area contributed by atoms with Crippen molar-refractivity contribution in [2.75, 3.05) is 5.73 Å². The topological polar surface area (TPSA) is 60.9 Å². The summed E-state index contributed by atoms with van der Waals surface area (Å²) in [6, 6.07) is 3.99. The molecule has 0 saturated carbocycles. The van der Waals surface area contributed by atoms with E-state index in [4.69, 9.17) is 17.3 Å². The highest BCUT2D eigenvalue weighted by molar-refractivity contribution is 6.30. The molecule has 0 bridgehead atoms. The minimum absolute atomic E-state index is 0.135. The fraction of sp³-hybridized carbons (Fsp3) is 0.0909. The molecule has 0 spiro atoms. The summed E-state index contributed by atoms with van der Waals surface area (Å²) in [7, 11) is 0. The maximum Gasteiger partial charge on any atom is 0.347 e. The first-order chi connectivity index (χ1) is 8.06. The highest BCUT2D eigenvalue weighted by Crippen LogP contribution is 2.14. The van der Waals surface area contributed by atoms with Gasteiger partial charge in [-0.3, -0.25) is 4.57 Å². The van der Waals surface area contributed by atoms with Gasteiger partial charge in [0.05, 0.1) is 17.8 Å². The molecule has 2 aromatic rings. The molecule has 0 fully saturated rings. The maximum atomic E-state index is 13.0. The number of anilines is 1. The lowest BCUT2D eigenvalue weighted by atomic mass is 10.2. The van der Waals surface area contributed by atoms with Crippen molar-refractivity contribution in [2.45, 2.75) is 6.54 Å². The first-order valence-electron chi connectivity index (χ1n) is 4.82. The van der Waals surface area contributed by atoms with Crippen LogP contribution in [0.4, 0.5) is 10.1 Å². The largest absolute Gasteiger partial charge is 0.398 e. The maximum absolute atomic E-state index is 13.0. The summed E-state index contributed by atoms with van der Waals surface area (Å²) in [4.78, 5) is 15.0. The van der Waals surface area contributed by atoms with E-state index in [1.54, 1.807) is 0 Å². The zero-order valence-electron chi connectivity index (χ0n) is 8.73. The van der Waals surface area contributed by atoms with Crippen molar-refractivity contribution >= 4 is 17.3 Å². The van der Waals surface area contributed by atoms with E-state index < -0.39 is 11.5 Å². The number of benzene rings is 1. The first kappa shape index (κ1) is 11.6. The zero-order valence-corrected chi connectivity index (χ0v) is 9.49. The van der Waals surface area contributed by atoms with Gasteiger partial charge >= 0.3 is 5.69 Å². The second kappa shape index (κ2) is 4.55. The van der Waals surface area contributed by atoms with Crippen LogP contribution in [0, 0.1) is 5.82 Å². The van der Waals surface area contributed by atoms with Crippen LogP contribution in [0.3, 0.4) is 0 Å². The number of hydrogen-bond acceptors (Lipinski definition) is 3. The Morgan fingerprint density at radius 1 is 1.47 bits per heavy atom. The molecule has 0 aliphatic carbocycles. The van der Waals surface area contributed by atoms with E-state index in [1.807, 2.05) is 0 Å². The van der Waals surface area contributed by atoms with Crippen LogP contribution in [0.5, 0.6) is 0 Å². The summed E-state index contributed by atoms with van der Waals surface area (Å²) < 4.78 is 14.3. The quantitative estimate of drug-likeness (QED) is 0.828. The Labute approximate surface area is 101 Å². The molecule has 0 aliphatic heterocycles. The van der Waals surface area contributed by atoms with E-state index in [1.165, 1.54) is 35.2 Å². The molecular formula is C11H9ClFN3O. The smallest absolute Gasteiger partial charge is 0.347 e. The lowest BCUT2D eigenvalue weighted by molar-refractivity contribution is 0.622. The number of aromatic nitrogens is 2. The van der Waals surface area contributed by atoms with Gasteiger partial charge in [-0.05, 0) is 23.8 Å². The third-order valence-corrected chi connectivity index (χ3v) is 2.46. The molecule has 0 atom stereocenters. The fourth-order valence-corrected chi connectivity index (χ4v) is 1.60. The Morgan fingerprint density at radius 3 is 3.00 bits per heavy atom. The van der Waals surface area contributed by atoms with Crippen molar-refractivity contribution in [1.29, 1.82) is 0 Å². The Hall–Kier alpha value is -1.88. The summed E-state index contributed by atoms with van der Waals surface area (Å²) in [5.41, 5.74) is 6.16. The van der Waals surface area contributed by atoms with E-state index in [2.05, 4.69) is 4.98 Å². The van der Waals surface area contributed by atoms with Crippen molar-refractivity contribution in [3.63, 3.8) is 0 Å². The number of nitrogens with zero attached hydrogens (tertiary/aromatic N) is 2. The van der Waals surface area contributed by atoms with Gasteiger partial charge in [0, 0.05) is 11.9 Å². The average molecular weight is 254 g/mol. The van der Waals surface area contributed by atoms with Crippen LogP contribution < -0.4 is 11.4 Å². The van der Waals surface area contributed by atoms with Gasteiger partial charge in [-0.25, -0.2) is 14.2 Å². The van der Waals surface area contributed by atoms with Crippen LogP contribution in [0.1, 0.15) is 5.56 Å². The van der Waals surface area contributed by atoms with Crippen LogP contribution in [0.25, 0.3) is 0 Å². The molecule has 1 aromatic heterocycles. The van der Waals surface area contributed by atoms with Gasteiger partial charge < -0.3 is 5.73 Å². The number of halogens is 2. The summed E-state index contributed by atoms with van der Waals surface area (Å²) >= 11 is 5.73. The zero-order chi connectivity index (χ0) is 12.4. The summed E-state index contributed by atoms with van der Waals surface area (Å²) in [5.74, 6) is -0.405. The highest BCUT2D eigenvalue weighted by Gasteiger charge is 2.04. The van der Waals surface area contributed by atoms with E-state index in [0.717, 1.165) is 0 Å². The molecule has 4 nitrogen and oxygen atoms in total. The number of rotatable bonds is 2. The second-order valence-electron chi connectivity index (χ2n) is 3.53. The SMILES string of the molecule is Nc1ccc(F)cc1Cn1cc(Cl)cnc1=O. The molecule has 1 aromatic carbocycles. The normalized spacial score (nSPS) is 10.5. The van der Waals surface area contributed by atoms with Crippen LogP contribution in [0.2, 0.25) is 5.02 Å². The Balaban J connectivity index is 2.41. The van der Waals surface area contributed by atoms with Gasteiger partial charge in [-0.15, -0.1) is 0 Å². The third-order valence-electron chi connectivity index (χ3n) is 2.27. The van der Waals surface area contributed by atoms with E-state index in [-0.39, 0.29) is 6.54 Å². The van der Waals surface area contributed by atoms with Gasteiger partial charge in [0.25, 0.3) is 0 Å². The minimum atomic E-state index is -0.460. The van der Waals surface area contributed by atoms with Gasteiger partial charge in [0.1, 0.15) is 5.82 Å². The summed E-state index contributed by atoms with van der Waals surface area (Å²) in [6.45, 7) is 0.135. The van der Waals surface area contributed by atoms with E-state index in [0.29, 0.717) is 16.3 Å². The molecule has 0 aliphatic rings. The van der Waals surface area contributed by atoms with Crippen LogP contribution in [-0.4, -0.2) is 9.55 Å². The Morgan fingerprint density at radius 2 is 2.24 bits per heavy atom. The van der Waals surface area contributed by atoms with Gasteiger partial charge in [-0.2, -0.15) is 0 Å². The average Bonchev–Trinajstić information content (AvgIpc) is 2.28. The predicted octanol–water partition coefficient (Wildman–Crippen LogP) is 1.67. The van der Waals surface area contributed by atoms with Crippen molar-refractivity contribution in [1.82, 2.24) is 9.55 Å². The van der Waals surface area contributed by atoms with Crippen molar-refractivity contribution in [3.05, 3.63) is 57.5 Å². The van der Waals surface area contributed by atoms with Crippen LogP contribution >= 0.6 is 11.6 Å². The molecular weight excluding hydrogens is 245 g/mol. The Bertz CT molecular complexity index is 612. The van der Waals surface area contributed by atoms with Crippen LogP contribution in [-0.2, 0) is 6.54 Å². The van der Waals surface area contributed by atoms with Crippen LogP contribution in [0.15, 0.2) is 35.4 Å². The van der Waals surface area contributed by atoms with E-state index >= 15 is 0 Å². The van der Waals surface area contributed by atoms with E-state index in [9.17, 15) is 9.18 Å². The Kier molecular flexibility index (Phi) is 3.10. The predicted molar refractivity (Wildman–Crippen MR) is 63.4 cm³/mol. The summed E-state index contributed by atoms with van der Waals surface area (Å²) in [5, 5.41) is 0.333. The molecule has 6 heteroatoms. The molecule has 17 heavy (non-hydrogen) atoms. The standard InChI is InChI=1S/C11H9ClFN3O/c12-8-4-15-11(17)16(6-8)5-7-3-9(13)1-2-10(7)14/h1-4,6H,5,14H2. The summed E-state index contributed by atoms with van der Waals surface area (Å²) in [6.07, 6.45) is 2.69. The van der Waals surface area contributed by atoms with Crippen molar-refractivity contribution in [3.8, 4) is 0 Å². The number of nitrogens with two attached hydrogens (primary N) is 1. The lowest BCUT2D eigenvalue weighted by Crippen LogP contribution is -2.22. The third kappa shape index (κ3) is 2.62.